The third kappa shape index (κ3) is 1.96. The van der Waals surface area contributed by atoms with E-state index in [1.165, 1.54) is 6.20 Å². The molecule has 2 heterocycles. The van der Waals surface area contributed by atoms with Gasteiger partial charge in [-0.05, 0) is 23.7 Å². The van der Waals surface area contributed by atoms with Crippen LogP contribution in [0.1, 0.15) is 0 Å². The second-order valence-corrected chi connectivity index (χ2v) is 3.21. The molecule has 6 nitrogen and oxygen atoms in total. The van der Waals surface area contributed by atoms with E-state index >= 15 is 0 Å². The first-order chi connectivity index (χ1) is 7.68. The Bertz CT molecular complexity index is 532. The third-order valence-corrected chi connectivity index (χ3v) is 2.05. The van der Waals surface area contributed by atoms with Crippen LogP contribution in [0.3, 0.4) is 0 Å². The van der Waals surface area contributed by atoms with Gasteiger partial charge in [0.25, 0.3) is 0 Å². The van der Waals surface area contributed by atoms with Crippen molar-refractivity contribution < 1.29 is 4.92 Å². The fraction of sp³-hybridized carbons (Fsp3) is 0. The van der Waals surface area contributed by atoms with E-state index in [2.05, 4.69) is 15.0 Å². The summed E-state index contributed by atoms with van der Waals surface area (Å²) in [5, 5.41) is 10.7. The summed E-state index contributed by atoms with van der Waals surface area (Å²) in [6, 6.07) is 3.33. The Hall–Kier alpha value is -2.08. The van der Waals surface area contributed by atoms with Gasteiger partial charge >= 0.3 is 5.69 Å². The van der Waals surface area contributed by atoms with Crippen molar-refractivity contribution in [1.29, 1.82) is 0 Å². The lowest BCUT2D eigenvalue weighted by Crippen LogP contribution is -1.97. The highest BCUT2D eigenvalue weighted by Crippen LogP contribution is 2.26. The highest BCUT2D eigenvalue weighted by molar-refractivity contribution is 6.28. The number of hydrogen-bond donors (Lipinski definition) is 0. The Labute approximate surface area is 95.1 Å². The third-order valence-electron chi connectivity index (χ3n) is 1.87. The molecule has 2 aromatic rings. The summed E-state index contributed by atoms with van der Waals surface area (Å²) in [5.74, 6) is 0. The van der Waals surface area contributed by atoms with Crippen molar-refractivity contribution in [2.45, 2.75) is 0 Å². The zero-order valence-electron chi connectivity index (χ0n) is 7.87. The average molecular weight is 237 g/mol. The molecule has 0 aromatic carbocycles. The fourth-order valence-corrected chi connectivity index (χ4v) is 1.34. The van der Waals surface area contributed by atoms with Crippen LogP contribution in [0.5, 0.6) is 0 Å². The second-order valence-electron chi connectivity index (χ2n) is 2.87. The molecule has 0 unspecified atom stereocenters. The first kappa shape index (κ1) is 10.4. The van der Waals surface area contributed by atoms with Crippen molar-refractivity contribution >= 4 is 17.3 Å². The van der Waals surface area contributed by atoms with Crippen LogP contribution >= 0.6 is 11.6 Å². The standard InChI is InChI=1S/C9H5ClN4O2/c10-9-12-5-7(14(15)16)8(13-9)6-2-1-3-11-4-6/h1-5H. The van der Waals surface area contributed by atoms with Crippen LogP contribution in [0.4, 0.5) is 5.69 Å². The second kappa shape index (κ2) is 4.19. The van der Waals surface area contributed by atoms with E-state index in [4.69, 9.17) is 11.6 Å². The minimum atomic E-state index is -0.557. The molecule has 0 fully saturated rings. The van der Waals surface area contributed by atoms with Gasteiger partial charge in [0.2, 0.25) is 5.28 Å². The number of halogens is 1. The molecule has 0 aliphatic heterocycles. The molecule has 0 saturated heterocycles. The van der Waals surface area contributed by atoms with E-state index in [1.807, 2.05) is 0 Å². The summed E-state index contributed by atoms with van der Waals surface area (Å²) in [5.41, 5.74) is 0.494. The van der Waals surface area contributed by atoms with Crippen LogP contribution in [0.25, 0.3) is 11.3 Å². The molecule has 0 saturated carbocycles. The molecule has 2 aromatic heterocycles. The Morgan fingerprint density at radius 1 is 1.38 bits per heavy atom. The quantitative estimate of drug-likeness (QED) is 0.453. The van der Waals surface area contributed by atoms with E-state index in [1.54, 1.807) is 18.3 Å². The molecule has 0 aliphatic carbocycles. The molecule has 0 amide bonds. The van der Waals surface area contributed by atoms with E-state index in [0.29, 0.717) is 5.56 Å². The predicted octanol–water partition coefficient (Wildman–Crippen LogP) is 2.10. The first-order valence-corrected chi connectivity index (χ1v) is 4.63. The highest BCUT2D eigenvalue weighted by Gasteiger charge is 2.18. The largest absolute Gasteiger partial charge is 0.313 e. The first-order valence-electron chi connectivity index (χ1n) is 4.26. The molecular formula is C9H5ClN4O2. The summed E-state index contributed by atoms with van der Waals surface area (Å²) in [7, 11) is 0. The molecule has 0 spiro atoms. The maximum atomic E-state index is 10.8. The molecule has 7 heteroatoms. The van der Waals surface area contributed by atoms with Crippen molar-refractivity contribution in [2.24, 2.45) is 0 Å². The van der Waals surface area contributed by atoms with Crippen molar-refractivity contribution in [3.8, 4) is 11.3 Å². The van der Waals surface area contributed by atoms with E-state index in [-0.39, 0.29) is 16.7 Å². The number of pyridine rings is 1. The summed E-state index contributed by atoms with van der Waals surface area (Å²) >= 11 is 5.61. The van der Waals surface area contributed by atoms with Gasteiger partial charge < -0.3 is 0 Å². The Kier molecular flexibility index (Phi) is 2.74. The smallest absolute Gasteiger partial charge is 0.264 e. The highest BCUT2D eigenvalue weighted by atomic mass is 35.5. The topological polar surface area (TPSA) is 81.8 Å². The molecule has 80 valence electrons. The molecule has 0 N–H and O–H groups in total. The van der Waals surface area contributed by atoms with Gasteiger partial charge in [0.1, 0.15) is 6.20 Å². The molecule has 16 heavy (non-hydrogen) atoms. The van der Waals surface area contributed by atoms with Gasteiger partial charge in [-0.1, -0.05) is 0 Å². The van der Waals surface area contributed by atoms with E-state index in [0.717, 1.165) is 6.20 Å². The summed E-state index contributed by atoms with van der Waals surface area (Å²) < 4.78 is 0. The van der Waals surface area contributed by atoms with Crippen molar-refractivity contribution in [3.63, 3.8) is 0 Å². The maximum Gasteiger partial charge on any atom is 0.313 e. The van der Waals surface area contributed by atoms with Crippen LogP contribution < -0.4 is 0 Å². The molecule has 0 bridgehead atoms. The van der Waals surface area contributed by atoms with E-state index < -0.39 is 4.92 Å². The summed E-state index contributed by atoms with van der Waals surface area (Å²) in [6.45, 7) is 0. The van der Waals surface area contributed by atoms with Crippen LogP contribution in [0.15, 0.2) is 30.7 Å². The van der Waals surface area contributed by atoms with Crippen molar-refractivity contribution in [2.75, 3.05) is 0 Å². The Morgan fingerprint density at radius 3 is 2.81 bits per heavy atom. The van der Waals surface area contributed by atoms with Crippen molar-refractivity contribution in [1.82, 2.24) is 15.0 Å². The van der Waals surface area contributed by atoms with Crippen LogP contribution in [-0.2, 0) is 0 Å². The number of hydrogen-bond acceptors (Lipinski definition) is 5. The van der Waals surface area contributed by atoms with Gasteiger partial charge in [-0.2, -0.15) is 0 Å². The lowest BCUT2D eigenvalue weighted by atomic mass is 10.2. The number of nitro groups is 1. The van der Waals surface area contributed by atoms with Crippen LogP contribution in [-0.4, -0.2) is 19.9 Å². The predicted molar refractivity (Wildman–Crippen MR) is 56.9 cm³/mol. The monoisotopic (exact) mass is 236 g/mol. The lowest BCUT2D eigenvalue weighted by Gasteiger charge is -2.00. The Balaban J connectivity index is 2.63. The average Bonchev–Trinajstić information content (AvgIpc) is 2.29. The fourth-order valence-electron chi connectivity index (χ4n) is 1.20. The summed E-state index contributed by atoms with van der Waals surface area (Å²) in [6.07, 6.45) is 4.13. The molecular weight excluding hydrogens is 232 g/mol. The molecule has 0 atom stereocenters. The SMILES string of the molecule is O=[N+]([O-])c1cnc(Cl)nc1-c1cccnc1. The zero-order chi connectivity index (χ0) is 11.5. The van der Waals surface area contributed by atoms with Crippen LogP contribution in [0.2, 0.25) is 5.28 Å². The zero-order valence-corrected chi connectivity index (χ0v) is 8.63. The minimum absolute atomic E-state index is 0.0375. The number of nitrogens with zero attached hydrogens (tertiary/aromatic N) is 4. The van der Waals surface area contributed by atoms with Crippen molar-refractivity contribution in [3.05, 3.63) is 46.1 Å². The van der Waals surface area contributed by atoms with Gasteiger partial charge in [-0.3, -0.25) is 15.1 Å². The molecule has 0 aliphatic rings. The van der Waals surface area contributed by atoms with E-state index in [9.17, 15) is 10.1 Å². The number of rotatable bonds is 2. The van der Waals surface area contributed by atoms with Gasteiger partial charge in [0, 0.05) is 18.0 Å². The number of aromatic nitrogens is 3. The maximum absolute atomic E-state index is 10.8. The van der Waals surface area contributed by atoms with Gasteiger partial charge in [-0.25, -0.2) is 9.97 Å². The minimum Gasteiger partial charge on any atom is -0.264 e. The molecule has 2 rings (SSSR count). The summed E-state index contributed by atoms with van der Waals surface area (Å²) in [4.78, 5) is 21.5. The van der Waals surface area contributed by atoms with Gasteiger partial charge in [0.05, 0.1) is 4.92 Å². The van der Waals surface area contributed by atoms with Crippen LogP contribution in [0, 0.1) is 10.1 Å². The lowest BCUT2D eigenvalue weighted by molar-refractivity contribution is -0.384. The van der Waals surface area contributed by atoms with Gasteiger partial charge in [-0.15, -0.1) is 0 Å². The molecule has 0 radical (unpaired) electrons. The van der Waals surface area contributed by atoms with Gasteiger partial charge in [0.15, 0.2) is 5.69 Å². The Morgan fingerprint density at radius 2 is 2.19 bits per heavy atom. The normalized spacial score (nSPS) is 10.1.